The lowest BCUT2D eigenvalue weighted by molar-refractivity contribution is -0.123. The topological polar surface area (TPSA) is 97.0 Å². The largest absolute Gasteiger partial charge is 0.484 e. The molecule has 1 amide bonds. The zero-order chi connectivity index (χ0) is 16.8. The molecule has 0 spiro atoms. The second-order valence-corrected chi connectivity index (χ2v) is 5.16. The van der Waals surface area contributed by atoms with Gasteiger partial charge in [-0.1, -0.05) is 6.92 Å². The lowest BCUT2D eigenvalue weighted by Crippen LogP contribution is -2.31. The van der Waals surface area contributed by atoms with Gasteiger partial charge in [-0.25, -0.2) is 4.98 Å². The Morgan fingerprint density at radius 3 is 2.57 bits per heavy atom. The predicted octanol–water partition coefficient (Wildman–Crippen LogP) is 1.96. The van der Waals surface area contributed by atoms with E-state index in [4.69, 9.17) is 4.74 Å². The van der Waals surface area contributed by atoms with Gasteiger partial charge in [0.05, 0.1) is 6.04 Å². The van der Waals surface area contributed by atoms with Crippen molar-refractivity contribution >= 4 is 11.7 Å². The van der Waals surface area contributed by atoms with E-state index < -0.39 is 0 Å². The Bertz CT molecular complexity index is 679. The predicted molar refractivity (Wildman–Crippen MR) is 84.2 cm³/mol. The number of aryl methyl sites for hydroxylation is 1. The standard InChI is InChI=1S/C16H20N4O3/c1-4-14(21)12-5-7-13(8-6-12)23-9-15(22)17-10(2)16-18-11(3)19-20-16/h5-8,10H,4,9H2,1-3H3,(H,17,22)(H,18,19,20)/t10-/m1/s1. The molecule has 1 aromatic heterocycles. The van der Waals surface area contributed by atoms with Crippen molar-refractivity contribution in [2.24, 2.45) is 0 Å². The van der Waals surface area contributed by atoms with Gasteiger partial charge in [-0.05, 0) is 38.1 Å². The highest BCUT2D eigenvalue weighted by Gasteiger charge is 2.14. The molecule has 0 radical (unpaired) electrons. The van der Waals surface area contributed by atoms with Crippen LogP contribution in [0.3, 0.4) is 0 Å². The van der Waals surface area contributed by atoms with Gasteiger partial charge in [0.1, 0.15) is 11.6 Å². The van der Waals surface area contributed by atoms with Crippen LogP contribution in [0, 0.1) is 6.92 Å². The molecule has 0 aliphatic carbocycles. The summed E-state index contributed by atoms with van der Waals surface area (Å²) in [6.07, 6.45) is 0.460. The molecule has 7 nitrogen and oxygen atoms in total. The molecule has 0 unspecified atom stereocenters. The fourth-order valence-electron chi connectivity index (χ4n) is 1.99. The van der Waals surface area contributed by atoms with Crippen molar-refractivity contribution in [3.05, 3.63) is 41.5 Å². The summed E-state index contributed by atoms with van der Waals surface area (Å²) in [6, 6.07) is 6.44. The Morgan fingerprint density at radius 1 is 1.30 bits per heavy atom. The van der Waals surface area contributed by atoms with Crippen molar-refractivity contribution in [2.45, 2.75) is 33.2 Å². The van der Waals surface area contributed by atoms with Gasteiger partial charge < -0.3 is 10.1 Å². The number of nitrogens with zero attached hydrogens (tertiary/aromatic N) is 2. The Balaban J connectivity index is 1.83. The third-order valence-electron chi connectivity index (χ3n) is 3.25. The Morgan fingerprint density at radius 2 is 2.00 bits per heavy atom. The fourth-order valence-corrected chi connectivity index (χ4v) is 1.99. The number of amides is 1. The summed E-state index contributed by atoms with van der Waals surface area (Å²) < 4.78 is 5.41. The number of carbonyl (C=O) groups excluding carboxylic acids is 2. The maximum absolute atomic E-state index is 11.9. The SMILES string of the molecule is CCC(=O)c1ccc(OCC(=O)N[C@H](C)c2n[nH]c(C)n2)cc1. The molecule has 0 saturated heterocycles. The molecular weight excluding hydrogens is 296 g/mol. The molecule has 0 bridgehead atoms. The van der Waals surface area contributed by atoms with Crippen LogP contribution in [0.15, 0.2) is 24.3 Å². The number of ether oxygens (including phenoxy) is 1. The van der Waals surface area contributed by atoms with Crippen molar-refractivity contribution in [1.29, 1.82) is 0 Å². The van der Waals surface area contributed by atoms with E-state index in [1.807, 2.05) is 6.92 Å². The average molecular weight is 316 g/mol. The van der Waals surface area contributed by atoms with E-state index in [2.05, 4.69) is 20.5 Å². The Hall–Kier alpha value is -2.70. The molecule has 0 fully saturated rings. The molecule has 2 N–H and O–H groups in total. The zero-order valence-corrected chi connectivity index (χ0v) is 13.4. The minimum Gasteiger partial charge on any atom is -0.484 e. The number of benzene rings is 1. The smallest absolute Gasteiger partial charge is 0.258 e. The molecule has 7 heteroatoms. The van der Waals surface area contributed by atoms with Crippen molar-refractivity contribution in [2.75, 3.05) is 6.61 Å². The second-order valence-electron chi connectivity index (χ2n) is 5.16. The van der Waals surface area contributed by atoms with Crippen molar-refractivity contribution in [3.8, 4) is 5.75 Å². The highest BCUT2D eigenvalue weighted by Crippen LogP contribution is 2.13. The second kappa shape index (κ2) is 7.53. The monoisotopic (exact) mass is 316 g/mol. The molecule has 23 heavy (non-hydrogen) atoms. The third kappa shape index (κ3) is 4.64. The van der Waals surface area contributed by atoms with Gasteiger partial charge in [0, 0.05) is 12.0 Å². The van der Waals surface area contributed by atoms with Gasteiger partial charge >= 0.3 is 0 Å². The van der Waals surface area contributed by atoms with Crippen LogP contribution in [0.25, 0.3) is 0 Å². The number of ketones is 1. The summed E-state index contributed by atoms with van der Waals surface area (Å²) in [6.45, 7) is 5.29. The molecule has 0 aliphatic rings. The number of Topliss-reactive ketones (excluding diaryl/α,β-unsaturated/α-hetero) is 1. The summed E-state index contributed by atoms with van der Waals surface area (Å²) in [5, 5.41) is 9.48. The first-order valence-corrected chi connectivity index (χ1v) is 7.44. The van der Waals surface area contributed by atoms with Crippen molar-refractivity contribution in [1.82, 2.24) is 20.5 Å². The van der Waals surface area contributed by atoms with Crippen LogP contribution in [0.5, 0.6) is 5.75 Å². The first-order chi connectivity index (χ1) is 11.0. The van der Waals surface area contributed by atoms with Crippen LogP contribution in [0.2, 0.25) is 0 Å². The maximum atomic E-state index is 11.9. The average Bonchev–Trinajstić information content (AvgIpc) is 2.99. The highest BCUT2D eigenvalue weighted by molar-refractivity contribution is 5.95. The number of nitrogens with one attached hydrogen (secondary N) is 2. The summed E-state index contributed by atoms with van der Waals surface area (Å²) in [4.78, 5) is 27.6. The van der Waals surface area contributed by atoms with E-state index >= 15 is 0 Å². The molecule has 1 aromatic carbocycles. The van der Waals surface area contributed by atoms with Crippen LogP contribution >= 0.6 is 0 Å². The van der Waals surface area contributed by atoms with E-state index in [1.165, 1.54) is 0 Å². The summed E-state index contributed by atoms with van der Waals surface area (Å²) in [5.74, 6) is 1.56. The van der Waals surface area contributed by atoms with Crippen molar-refractivity contribution < 1.29 is 14.3 Å². The lowest BCUT2D eigenvalue weighted by atomic mass is 10.1. The van der Waals surface area contributed by atoms with Gasteiger partial charge in [0.25, 0.3) is 5.91 Å². The first kappa shape index (κ1) is 16.7. The van der Waals surface area contributed by atoms with Gasteiger partial charge in [0.15, 0.2) is 18.2 Å². The number of hydrogen-bond donors (Lipinski definition) is 2. The molecule has 1 heterocycles. The van der Waals surface area contributed by atoms with Gasteiger partial charge in [-0.2, -0.15) is 5.10 Å². The van der Waals surface area contributed by atoms with Crippen LogP contribution < -0.4 is 10.1 Å². The number of hydrogen-bond acceptors (Lipinski definition) is 5. The van der Waals surface area contributed by atoms with Crippen LogP contribution in [-0.4, -0.2) is 33.5 Å². The van der Waals surface area contributed by atoms with E-state index in [1.54, 1.807) is 38.1 Å². The molecule has 0 aliphatic heterocycles. The fraction of sp³-hybridized carbons (Fsp3) is 0.375. The molecule has 122 valence electrons. The molecule has 2 aromatic rings. The summed E-state index contributed by atoms with van der Waals surface area (Å²) in [7, 11) is 0. The quantitative estimate of drug-likeness (QED) is 0.761. The molecular formula is C16H20N4O3. The highest BCUT2D eigenvalue weighted by atomic mass is 16.5. The number of aromatic amines is 1. The van der Waals surface area contributed by atoms with Crippen LogP contribution in [0.1, 0.15) is 48.3 Å². The van der Waals surface area contributed by atoms with Gasteiger partial charge in [-0.3, -0.25) is 14.7 Å². The first-order valence-electron chi connectivity index (χ1n) is 7.44. The van der Waals surface area contributed by atoms with Crippen LogP contribution in [0.4, 0.5) is 0 Å². The normalized spacial score (nSPS) is 11.8. The molecule has 0 saturated carbocycles. The minimum atomic E-state index is -0.305. The third-order valence-corrected chi connectivity index (χ3v) is 3.25. The Kier molecular flexibility index (Phi) is 5.46. The van der Waals surface area contributed by atoms with E-state index in [0.717, 1.165) is 0 Å². The minimum absolute atomic E-state index is 0.0740. The van der Waals surface area contributed by atoms with Gasteiger partial charge in [-0.15, -0.1) is 0 Å². The van der Waals surface area contributed by atoms with E-state index in [-0.39, 0.29) is 24.3 Å². The maximum Gasteiger partial charge on any atom is 0.258 e. The lowest BCUT2D eigenvalue weighted by Gasteiger charge is -2.11. The summed E-state index contributed by atoms with van der Waals surface area (Å²) >= 11 is 0. The van der Waals surface area contributed by atoms with Crippen molar-refractivity contribution in [3.63, 3.8) is 0 Å². The number of rotatable bonds is 7. The van der Waals surface area contributed by atoms with Gasteiger partial charge in [0.2, 0.25) is 0 Å². The number of H-pyrrole nitrogens is 1. The Labute approximate surface area is 134 Å². The number of carbonyl (C=O) groups is 2. The van der Waals surface area contributed by atoms with E-state index in [0.29, 0.717) is 29.4 Å². The number of aromatic nitrogens is 3. The van der Waals surface area contributed by atoms with Crippen LogP contribution in [-0.2, 0) is 4.79 Å². The molecule has 2 rings (SSSR count). The molecule has 1 atom stereocenters. The van der Waals surface area contributed by atoms with E-state index in [9.17, 15) is 9.59 Å². The zero-order valence-electron chi connectivity index (χ0n) is 13.4. The summed E-state index contributed by atoms with van der Waals surface area (Å²) in [5.41, 5.74) is 0.637.